The Balaban J connectivity index is 1.13. The van der Waals surface area contributed by atoms with E-state index in [1.807, 2.05) is 11.8 Å². The number of carbonyl (C=O) groups excluding carboxylic acids is 2. The van der Waals surface area contributed by atoms with Crippen molar-refractivity contribution in [3.05, 3.63) is 48.3 Å². The number of anilines is 1. The second-order valence-corrected chi connectivity index (χ2v) is 9.63. The molecule has 2 N–H and O–H groups in total. The van der Waals surface area contributed by atoms with Crippen molar-refractivity contribution in [2.75, 3.05) is 31.6 Å². The highest BCUT2D eigenvalue weighted by Gasteiger charge is 2.42. The van der Waals surface area contributed by atoms with E-state index in [0.717, 1.165) is 57.3 Å². The van der Waals surface area contributed by atoms with Gasteiger partial charge in [0.15, 0.2) is 0 Å². The predicted molar refractivity (Wildman–Crippen MR) is 127 cm³/mol. The molecule has 2 aliphatic heterocycles. The highest BCUT2D eigenvalue weighted by molar-refractivity contribution is 5.75. The van der Waals surface area contributed by atoms with Gasteiger partial charge in [-0.25, -0.2) is 4.79 Å². The summed E-state index contributed by atoms with van der Waals surface area (Å²) >= 11 is 0. The molecule has 176 valence electrons. The first kappa shape index (κ1) is 21.9. The Morgan fingerprint density at radius 3 is 2.61 bits per heavy atom. The van der Waals surface area contributed by atoms with Crippen molar-refractivity contribution in [2.24, 2.45) is 11.8 Å². The van der Waals surface area contributed by atoms with E-state index in [0.29, 0.717) is 19.1 Å². The third-order valence-corrected chi connectivity index (χ3v) is 7.69. The normalized spacial score (nSPS) is 23.2. The lowest BCUT2D eigenvalue weighted by Gasteiger charge is -2.46. The van der Waals surface area contributed by atoms with Crippen molar-refractivity contribution < 1.29 is 14.3 Å². The number of ether oxygens (including phenoxy) is 1. The number of benzene rings is 1. The highest BCUT2D eigenvalue weighted by atomic mass is 16.5. The monoisotopic (exact) mass is 450 g/mol. The Bertz CT molecular complexity index is 1000. The molecule has 0 unspecified atom stereocenters. The van der Waals surface area contributed by atoms with Gasteiger partial charge in [-0.05, 0) is 75.6 Å². The summed E-state index contributed by atoms with van der Waals surface area (Å²) in [6.07, 6.45) is 7.54. The van der Waals surface area contributed by atoms with E-state index < -0.39 is 0 Å². The van der Waals surface area contributed by atoms with Gasteiger partial charge >= 0.3 is 12.0 Å². The summed E-state index contributed by atoms with van der Waals surface area (Å²) in [5, 5.41) is 6.96. The number of rotatable bonds is 4. The standard InChI is InChI=1S/C26H34N4O3/c1-2-33-24(31)20-11-9-19(10-12-20)18-27-25(32)29-16-13-26(14-17-29)23-8-5-15-30(23)22-7-4-3-6-21(22)28-26/h3-8,15,19-20,28H,2,9-14,16-18H2,1H3,(H,27,32). The Kier molecular flexibility index (Phi) is 6.04. The van der Waals surface area contributed by atoms with Gasteiger partial charge in [0.1, 0.15) is 0 Å². The molecule has 1 saturated carbocycles. The van der Waals surface area contributed by atoms with Crippen LogP contribution in [0.1, 0.15) is 51.1 Å². The van der Waals surface area contributed by atoms with E-state index in [4.69, 9.17) is 4.74 Å². The minimum absolute atomic E-state index is 0.0299. The summed E-state index contributed by atoms with van der Waals surface area (Å²) in [7, 11) is 0. The largest absolute Gasteiger partial charge is 0.466 e. The minimum atomic E-state index is -0.139. The van der Waals surface area contributed by atoms with Gasteiger partial charge in [0.05, 0.1) is 29.4 Å². The van der Waals surface area contributed by atoms with Crippen LogP contribution in [0.15, 0.2) is 42.6 Å². The molecule has 3 aliphatic rings. The van der Waals surface area contributed by atoms with Crippen LogP contribution in [0.2, 0.25) is 0 Å². The Morgan fingerprint density at radius 2 is 1.85 bits per heavy atom. The van der Waals surface area contributed by atoms with Gasteiger partial charge in [0.2, 0.25) is 0 Å². The number of hydrogen-bond acceptors (Lipinski definition) is 4. The second-order valence-electron chi connectivity index (χ2n) is 9.63. The second kappa shape index (κ2) is 9.12. The van der Waals surface area contributed by atoms with Crippen LogP contribution in [0.25, 0.3) is 5.69 Å². The number of nitrogens with one attached hydrogen (secondary N) is 2. The van der Waals surface area contributed by atoms with Gasteiger partial charge in [-0.3, -0.25) is 4.79 Å². The van der Waals surface area contributed by atoms with Crippen LogP contribution in [0.3, 0.4) is 0 Å². The summed E-state index contributed by atoms with van der Waals surface area (Å²) in [6, 6.07) is 12.7. The van der Waals surface area contributed by atoms with E-state index in [2.05, 4.69) is 57.8 Å². The number of esters is 1. The van der Waals surface area contributed by atoms with Crippen LogP contribution < -0.4 is 10.6 Å². The fraction of sp³-hybridized carbons (Fsp3) is 0.538. The van der Waals surface area contributed by atoms with Gasteiger partial charge in [-0.2, -0.15) is 0 Å². The van der Waals surface area contributed by atoms with E-state index in [1.165, 1.54) is 11.4 Å². The van der Waals surface area contributed by atoms with Crippen molar-refractivity contribution in [1.29, 1.82) is 0 Å². The maximum Gasteiger partial charge on any atom is 0.317 e. The van der Waals surface area contributed by atoms with Crippen molar-refractivity contribution >= 4 is 17.7 Å². The van der Waals surface area contributed by atoms with Crippen LogP contribution >= 0.6 is 0 Å². The molecule has 2 fully saturated rings. The Hall–Kier alpha value is -2.96. The topological polar surface area (TPSA) is 75.6 Å². The molecule has 2 aromatic rings. The van der Waals surface area contributed by atoms with Crippen LogP contribution in [-0.4, -0.2) is 47.7 Å². The number of piperidine rings is 1. The molecule has 2 amide bonds. The zero-order valence-electron chi connectivity index (χ0n) is 19.4. The molecule has 7 heteroatoms. The fourth-order valence-corrected chi connectivity index (χ4v) is 5.77. The lowest BCUT2D eigenvalue weighted by atomic mass is 9.82. The molecule has 1 aromatic carbocycles. The molecule has 0 atom stereocenters. The zero-order chi connectivity index (χ0) is 22.8. The molecule has 1 spiro atoms. The molecule has 3 heterocycles. The fourth-order valence-electron chi connectivity index (χ4n) is 5.77. The molecule has 33 heavy (non-hydrogen) atoms. The van der Waals surface area contributed by atoms with Gasteiger partial charge in [0, 0.05) is 31.5 Å². The van der Waals surface area contributed by atoms with Crippen LogP contribution in [0.5, 0.6) is 0 Å². The summed E-state index contributed by atoms with van der Waals surface area (Å²) < 4.78 is 7.44. The van der Waals surface area contributed by atoms with Crippen LogP contribution in [0, 0.1) is 11.8 Å². The third-order valence-electron chi connectivity index (χ3n) is 7.69. The highest BCUT2D eigenvalue weighted by Crippen LogP contribution is 2.43. The van der Waals surface area contributed by atoms with Crippen molar-refractivity contribution in [1.82, 2.24) is 14.8 Å². The molecular formula is C26H34N4O3. The average Bonchev–Trinajstić information content (AvgIpc) is 3.35. The molecule has 1 aliphatic carbocycles. The number of nitrogens with zero attached hydrogens (tertiary/aromatic N) is 2. The maximum absolute atomic E-state index is 12.9. The summed E-state index contributed by atoms with van der Waals surface area (Å²) in [5.74, 6) is 0.408. The van der Waals surface area contributed by atoms with Crippen molar-refractivity contribution in [3.63, 3.8) is 0 Å². The van der Waals surface area contributed by atoms with E-state index >= 15 is 0 Å². The summed E-state index contributed by atoms with van der Waals surface area (Å²) in [4.78, 5) is 26.8. The van der Waals surface area contributed by atoms with Gasteiger partial charge in [0.25, 0.3) is 0 Å². The number of para-hydroxylation sites is 2. The Labute approximate surface area is 195 Å². The average molecular weight is 451 g/mol. The molecular weight excluding hydrogens is 416 g/mol. The predicted octanol–water partition coefficient (Wildman–Crippen LogP) is 4.27. The smallest absolute Gasteiger partial charge is 0.317 e. The number of likely N-dealkylation sites (tertiary alicyclic amines) is 1. The lowest BCUT2D eigenvalue weighted by Crippen LogP contribution is -2.53. The molecule has 7 nitrogen and oxygen atoms in total. The van der Waals surface area contributed by atoms with E-state index in [1.54, 1.807) is 0 Å². The molecule has 1 saturated heterocycles. The van der Waals surface area contributed by atoms with Crippen molar-refractivity contribution in [3.8, 4) is 5.69 Å². The number of fused-ring (bicyclic) bond motifs is 4. The van der Waals surface area contributed by atoms with E-state index in [-0.39, 0.29) is 23.5 Å². The number of carbonyl (C=O) groups is 2. The number of urea groups is 1. The summed E-state index contributed by atoms with van der Waals surface area (Å²) in [5.41, 5.74) is 3.47. The minimum Gasteiger partial charge on any atom is -0.466 e. The number of amides is 2. The van der Waals surface area contributed by atoms with Gasteiger partial charge in [-0.15, -0.1) is 0 Å². The van der Waals surface area contributed by atoms with Gasteiger partial charge in [-0.1, -0.05) is 12.1 Å². The first-order valence-electron chi connectivity index (χ1n) is 12.3. The number of aromatic nitrogens is 1. The first-order valence-corrected chi connectivity index (χ1v) is 12.3. The quantitative estimate of drug-likeness (QED) is 0.682. The van der Waals surface area contributed by atoms with Crippen LogP contribution in [-0.2, 0) is 15.1 Å². The Morgan fingerprint density at radius 1 is 1.09 bits per heavy atom. The SMILES string of the molecule is CCOC(=O)C1CCC(CNC(=O)N2CCC3(CC2)Nc2ccccc2-n2cccc23)CC1. The van der Waals surface area contributed by atoms with Crippen molar-refractivity contribution in [2.45, 2.75) is 51.0 Å². The molecule has 1 aromatic heterocycles. The zero-order valence-corrected chi connectivity index (χ0v) is 19.4. The van der Waals surface area contributed by atoms with E-state index in [9.17, 15) is 9.59 Å². The summed E-state index contributed by atoms with van der Waals surface area (Å²) in [6.45, 7) is 4.43. The van der Waals surface area contributed by atoms with Gasteiger partial charge < -0.3 is 24.8 Å². The third kappa shape index (κ3) is 4.21. The lowest BCUT2D eigenvalue weighted by molar-refractivity contribution is -0.149. The molecule has 5 rings (SSSR count). The van der Waals surface area contributed by atoms with Crippen LogP contribution in [0.4, 0.5) is 10.5 Å². The molecule has 0 bridgehead atoms. The number of hydrogen-bond donors (Lipinski definition) is 2. The first-order chi connectivity index (χ1) is 16.1. The maximum atomic E-state index is 12.9. The molecule has 0 radical (unpaired) electrons.